The van der Waals surface area contributed by atoms with Gasteiger partial charge in [-0.25, -0.2) is 4.79 Å². The van der Waals surface area contributed by atoms with E-state index in [1.165, 1.54) is 0 Å². The molecule has 1 heterocycles. The zero-order chi connectivity index (χ0) is 21.7. The number of allylic oxidation sites excluding steroid dienone is 2. The van der Waals surface area contributed by atoms with E-state index in [9.17, 15) is 10.1 Å². The maximum Gasteiger partial charge on any atom is 0.338 e. The van der Waals surface area contributed by atoms with Crippen molar-refractivity contribution in [3.8, 4) is 23.3 Å². The molecule has 0 saturated heterocycles. The minimum Gasteiger partial charge on any atom is -0.497 e. The van der Waals surface area contributed by atoms with Crippen molar-refractivity contribution in [3.05, 3.63) is 76.9 Å². The SMILES string of the molecule is CCOC(=O)C1=C(C)OC(N)=C(C#N)C1c1ccccc1Oc1cccc(OC)c1. The number of para-hydroxylation sites is 1. The van der Waals surface area contributed by atoms with Crippen LogP contribution in [0.4, 0.5) is 0 Å². The van der Waals surface area contributed by atoms with E-state index in [1.54, 1.807) is 69.5 Å². The molecule has 154 valence electrons. The second kappa shape index (κ2) is 9.05. The molecule has 0 aliphatic carbocycles. The average molecular weight is 406 g/mol. The van der Waals surface area contributed by atoms with E-state index in [-0.39, 0.29) is 29.4 Å². The summed E-state index contributed by atoms with van der Waals surface area (Å²) in [7, 11) is 1.57. The third-order valence-electron chi connectivity index (χ3n) is 4.60. The Kier molecular flexibility index (Phi) is 6.28. The minimum absolute atomic E-state index is 0.0516. The standard InChI is InChI=1S/C23H22N2O5/c1-4-28-23(26)20-14(2)29-22(25)18(13-24)21(20)17-10-5-6-11-19(17)30-16-9-7-8-15(12-16)27-3/h5-12,21H,4,25H2,1-3H3. The number of carbonyl (C=O) groups is 1. The van der Waals surface area contributed by atoms with Gasteiger partial charge in [-0.15, -0.1) is 0 Å². The average Bonchev–Trinajstić information content (AvgIpc) is 2.74. The Morgan fingerprint density at radius 1 is 1.20 bits per heavy atom. The number of ether oxygens (including phenoxy) is 4. The highest BCUT2D eigenvalue weighted by Gasteiger charge is 2.37. The second-order valence-corrected chi connectivity index (χ2v) is 6.43. The molecule has 0 bridgehead atoms. The first-order chi connectivity index (χ1) is 14.5. The van der Waals surface area contributed by atoms with Crippen molar-refractivity contribution < 1.29 is 23.7 Å². The first-order valence-corrected chi connectivity index (χ1v) is 9.36. The molecule has 1 aliphatic rings. The summed E-state index contributed by atoms with van der Waals surface area (Å²) in [6.45, 7) is 3.51. The van der Waals surface area contributed by atoms with Gasteiger partial charge in [0.15, 0.2) is 0 Å². The summed E-state index contributed by atoms with van der Waals surface area (Å²) in [5.74, 6) is 0.521. The molecular weight excluding hydrogens is 384 g/mol. The van der Waals surface area contributed by atoms with E-state index in [0.29, 0.717) is 22.8 Å². The number of esters is 1. The molecule has 0 saturated carbocycles. The molecule has 2 aromatic rings. The number of nitriles is 1. The highest BCUT2D eigenvalue weighted by molar-refractivity contribution is 5.92. The molecule has 3 rings (SSSR count). The topological polar surface area (TPSA) is 104 Å². The molecule has 0 amide bonds. The van der Waals surface area contributed by atoms with Gasteiger partial charge in [-0.1, -0.05) is 24.3 Å². The lowest BCUT2D eigenvalue weighted by atomic mass is 9.82. The van der Waals surface area contributed by atoms with Crippen LogP contribution in [-0.4, -0.2) is 19.7 Å². The minimum atomic E-state index is -0.787. The summed E-state index contributed by atoms with van der Waals surface area (Å²) in [4.78, 5) is 12.7. The van der Waals surface area contributed by atoms with E-state index in [2.05, 4.69) is 6.07 Å². The number of hydrogen-bond acceptors (Lipinski definition) is 7. The molecule has 1 aliphatic heterocycles. The number of rotatable bonds is 6. The summed E-state index contributed by atoms with van der Waals surface area (Å²) in [5.41, 5.74) is 6.89. The van der Waals surface area contributed by atoms with Crippen LogP contribution in [0.15, 0.2) is 71.3 Å². The van der Waals surface area contributed by atoms with Gasteiger partial charge in [0, 0.05) is 11.6 Å². The zero-order valence-corrected chi connectivity index (χ0v) is 17.0. The first kappa shape index (κ1) is 20.8. The van der Waals surface area contributed by atoms with Crippen LogP contribution in [-0.2, 0) is 14.3 Å². The van der Waals surface area contributed by atoms with Gasteiger partial charge in [-0.3, -0.25) is 0 Å². The third-order valence-corrected chi connectivity index (χ3v) is 4.60. The lowest BCUT2D eigenvalue weighted by Gasteiger charge is -2.28. The summed E-state index contributed by atoms with van der Waals surface area (Å²) < 4.78 is 22.0. The van der Waals surface area contributed by atoms with Gasteiger partial charge in [0.2, 0.25) is 5.88 Å². The molecule has 1 atom stereocenters. The van der Waals surface area contributed by atoms with Crippen molar-refractivity contribution in [2.75, 3.05) is 13.7 Å². The fourth-order valence-electron chi connectivity index (χ4n) is 3.27. The second-order valence-electron chi connectivity index (χ2n) is 6.43. The molecule has 0 radical (unpaired) electrons. The Hall–Kier alpha value is -3.92. The molecule has 0 aromatic heterocycles. The number of nitrogens with zero attached hydrogens (tertiary/aromatic N) is 1. The Bertz CT molecular complexity index is 1070. The maximum atomic E-state index is 12.7. The largest absolute Gasteiger partial charge is 0.497 e. The number of benzene rings is 2. The summed E-state index contributed by atoms with van der Waals surface area (Å²) in [6, 6.07) is 16.3. The lowest BCUT2D eigenvalue weighted by molar-refractivity contribution is -0.139. The molecule has 1 unspecified atom stereocenters. The quantitative estimate of drug-likeness (QED) is 0.719. The fourth-order valence-corrected chi connectivity index (χ4v) is 3.27. The van der Waals surface area contributed by atoms with Crippen molar-refractivity contribution in [2.45, 2.75) is 19.8 Å². The Balaban J connectivity index is 2.12. The van der Waals surface area contributed by atoms with E-state index in [0.717, 1.165) is 0 Å². The molecule has 2 aromatic carbocycles. The first-order valence-electron chi connectivity index (χ1n) is 9.36. The smallest absolute Gasteiger partial charge is 0.338 e. The molecule has 2 N–H and O–H groups in total. The lowest BCUT2D eigenvalue weighted by Crippen LogP contribution is -2.25. The molecule has 7 heteroatoms. The van der Waals surface area contributed by atoms with Gasteiger partial charge in [-0.05, 0) is 32.0 Å². The van der Waals surface area contributed by atoms with Crippen molar-refractivity contribution in [1.29, 1.82) is 5.26 Å². The molecule has 0 spiro atoms. The molecular formula is C23H22N2O5. The predicted molar refractivity (Wildman–Crippen MR) is 109 cm³/mol. The van der Waals surface area contributed by atoms with Crippen LogP contribution in [0.2, 0.25) is 0 Å². The van der Waals surface area contributed by atoms with Gasteiger partial charge in [0.05, 0.1) is 25.2 Å². The van der Waals surface area contributed by atoms with Crippen LogP contribution in [0, 0.1) is 11.3 Å². The molecule has 30 heavy (non-hydrogen) atoms. The van der Waals surface area contributed by atoms with Gasteiger partial charge in [0.25, 0.3) is 0 Å². The van der Waals surface area contributed by atoms with E-state index < -0.39 is 11.9 Å². The van der Waals surface area contributed by atoms with Gasteiger partial charge >= 0.3 is 5.97 Å². The highest BCUT2D eigenvalue weighted by atomic mass is 16.5. The highest BCUT2D eigenvalue weighted by Crippen LogP contribution is 2.44. The normalized spacial score (nSPS) is 15.9. The fraction of sp³-hybridized carbons (Fsp3) is 0.217. The molecule has 7 nitrogen and oxygen atoms in total. The van der Waals surface area contributed by atoms with Gasteiger partial charge in [-0.2, -0.15) is 5.26 Å². The summed E-state index contributed by atoms with van der Waals surface area (Å²) >= 11 is 0. The van der Waals surface area contributed by atoms with Gasteiger partial charge < -0.3 is 24.7 Å². The Labute approximate surface area is 174 Å². The van der Waals surface area contributed by atoms with Crippen molar-refractivity contribution in [2.24, 2.45) is 5.73 Å². The zero-order valence-electron chi connectivity index (χ0n) is 17.0. The van der Waals surface area contributed by atoms with E-state index >= 15 is 0 Å². The third kappa shape index (κ3) is 4.08. The van der Waals surface area contributed by atoms with E-state index in [4.69, 9.17) is 24.7 Å². The van der Waals surface area contributed by atoms with Crippen LogP contribution >= 0.6 is 0 Å². The Morgan fingerprint density at radius 3 is 2.63 bits per heavy atom. The number of hydrogen-bond donors (Lipinski definition) is 1. The van der Waals surface area contributed by atoms with Crippen LogP contribution < -0.4 is 15.2 Å². The summed E-state index contributed by atoms with van der Waals surface area (Å²) in [6.07, 6.45) is 0. The number of nitrogens with two attached hydrogens (primary N) is 1. The Morgan fingerprint density at radius 2 is 1.93 bits per heavy atom. The van der Waals surface area contributed by atoms with Gasteiger partial charge in [0.1, 0.15) is 34.7 Å². The number of methoxy groups -OCH3 is 1. The van der Waals surface area contributed by atoms with Crippen molar-refractivity contribution in [3.63, 3.8) is 0 Å². The van der Waals surface area contributed by atoms with Crippen molar-refractivity contribution in [1.82, 2.24) is 0 Å². The van der Waals surface area contributed by atoms with Crippen LogP contribution in [0.5, 0.6) is 17.2 Å². The molecule has 0 fully saturated rings. The van der Waals surface area contributed by atoms with E-state index in [1.807, 2.05) is 0 Å². The van der Waals surface area contributed by atoms with Crippen LogP contribution in [0.1, 0.15) is 25.3 Å². The summed E-state index contributed by atoms with van der Waals surface area (Å²) in [5, 5.41) is 9.76. The van der Waals surface area contributed by atoms with Crippen LogP contribution in [0.3, 0.4) is 0 Å². The monoisotopic (exact) mass is 406 g/mol. The predicted octanol–water partition coefficient (Wildman–Crippen LogP) is 4.13. The maximum absolute atomic E-state index is 12.7. The van der Waals surface area contributed by atoms with Crippen LogP contribution in [0.25, 0.3) is 0 Å². The van der Waals surface area contributed by atoms with Crippen molar-refractivity contribution >= 4 is 5.97 Å². The number of carbonyl (C=O) groups excluding carboxylic acids is 1.